The summed E-state index contributed by atoms with van der Waals surface area (Å²) in [6.45, 7) is 0. The third-order valence-electron chi connectivity index (χ3n) is 1.25. The fraction of sp³-hybridized carbons (Fsp3) is 0.100. The van der Waals surface area contributed by atoms with Crippen molar-refractivity contribution in [2.24, 2.45) is 0 Å². The van der Waals surface area contributed by atoms with Gasteiger partial charge in [-0.3, -0.25) is 0 Å². The van der Waals surface area contributed by atoms with Gasteiger partial charge in [-0.25, -0.2) is 0 Å². The van der Waals surface area contributed by atoms with E-state index in [1.165, 1.54) is 0 Å². The van der Waals surface area contributed by atoms with Crippen LogP contribution in [0.2, 0.25) is 0 Å². The van der Waals surface area contributed by atoms with Gasteiger partial charge in [-0.2, -0.15) is 0 Å². The van der Waals surface area contributed by atoms with Gasteiger partial charge in [0.05, 0.1) is 0 Å². The van der Waals surface area contributed by atoms with Crippen molar-refractivity contribution in [3.63, 3.8) is 0 Å². The summed E-state index contributed by atoms with van der Waals surface area (Å²) in [5, 5.41) is 0. The molecule has 0 spiro atoms. The van der Waals surface area contributed by atoms with Crippen LogP contribution in [0, 0.1) is 11.8 Å². The van der Waals surface area contributed by atoms with E-state index in [1.54, 1.807) is 7.11 Å². The van der Waals surface area contributed by atoms with Gasteiger partial charge in [0.25, 0.3) is 0 Å². The molecule has 0 fully saturated rings. The Morgan fingerprint density at radius 1 is 1.33 bits per heavy atom. The Hall–Kier alpha value is -0.871. The van der Waals surface area contributed by atoms with E-state index in [0.717, 1.165) is 5.56 Å². The maximum absolute atomic E-state index is 4.80. The second kappa shape index (κ2) is 4.90. The Labute approximate surface area is 80.1 Å². The van der Waals surface area contributed by atoms with Crippen LogP contribution in [-0.4, -0.2) is 11.7 Å². The molecule has 0 unspecified atom stereocenters. The third kappa shape index (κ3) is 3.02. The van der Waals surface area contributed by atoms with Crippen molar-refractivity contribution in [3.05, 3.63) is 35.9 Å². The molecule has 2 heteroatoms. The summed E-state index contributed by atoms with van der Waals surface area (Å²) < 4.78 is 5.29. The van der Waals surface area contributed by atoms with Gasteiger partial charge >= 0.3 is 79.8 Å². The van der Waals surface area contributed by atoms with Gasteiger partial charge in [0.15, 0.2) is 0 Å². The van der Waals surface area contributed by atoms with Crippen molar-refractivity contribution in [2.75, 3.05) is 7.11 Å². The maximum atomic E-state index is 4.80. The molecule has 0 saturated carbocycles. The molecular weight excluding hydrogens is 192 g/mol. The van der Waals surface area contributed by atoms with Crippen molar-refractivity contribution in [3.8, 4) is 11.8 Å². The zero-order valence-corrected chi connectivity index (χ0v) is 7.75. The molecule has 1 nitrogen and oxygen atoms in total. The van der Waals surface area contributed by atoms with Crippen LogP contribution >= 0.6 is 0 Å². The SMILES string of the molecule is CO[C](=[Fe+])C#Cc1ccccc1. The molecule has 61 valence electrons. The van der Waals surface area contributed by atoms with Crippen LogP contribution in [0.4, 0.5) is 0 Å². The van der Waals surface area contributed by atoms with Gasteiger partial charge < -0.3 is 0 Å². The molecule has 0 aromatic heterocycles. The Balaban J connectivity index is 2.74. The fourth-order valence-corrected chi connectivity index (χ4v) is 0.761. The van der Waals surface area contributed by atoms with Crippen molar-refractivity contribution in [1.82, 2.24) is 0 Å². The summed E-state index contributed by atoms with van der Waals surface area (Å²) in [6.07, 6.45) is 0. The zero-order valence-electron chi connectivity index (χ0n) is 6.65. The predicted molar refractivity (Wildman–Crippen MR) is 45.3 cm³/mol. The van der Waals surface area contributed by atoms with Crippen molar-refractivity contribution in [1.29, 1.82) is 0 Å². The van der Waals surface area contributed by atoms with Gasteiger partial charge in [0.2, 0.25) is 0 Å². The number of methoxy groups -OCH3 is 1. The number of hydrogen-bond donors (Lipinski definition) is 0. The number of benzene rings is 1. The van der Waals surface area contributed by atoms with Gasteiger partial charge in [-0.15, -0.1) is 0 Å². The molecule has 0 radical (unpaired) electrons. The first-order valence-corrected chi connectivity index (χ1v) is 4.00. The first kappa shape index (κ1) is 9.22. The van der Waals surface area contributed by atoms with E-state index in [-0.39, 0.29) is 0 Å². The number of ether oxygens (including phenoxy) is 1. The monoisotopic (exact) mass is 200 g/mol. The van der Waals surface area contributed by atoms with Gasteiger partial charge in [0.1, 0.15) is 0 Å². The minimum absolute atomic E-state index is 0.485. The zero-order chi connectivity index (χ0) is 8.81. The molecule has 0 heterocycles. The summed E-state index contributed by atoms with van der Waals surface area (Å²) in [5.74, 6) is 5.70. The van der Waals surface area contributed by atoms with Gasteiger partial charge in [0, 0.05) is 0 Å². The van der Waals surface area contributed by atoms with E-state index in [9.17, 15) is 0 Å². The molecule has 1 aromatic rings. The Kier molecular flexibility index (Phi) is 3.76. The van der Waals surface area contributed by atoms with E-state index in [0.29, 0.717) is 4.60 Å². The molecule has 0 N–H and O–H groups in total. The quantitative estimate of drug-likeness (QED) is 0.491. The Morgan fingerprint density at radius 2 is 2.00 bits per heavy atom. The summed E-state index contributed by atoms with van der Waals surface area (Å²) in [6, 6.07) is 9.72. The van der Waals surface area contributed by atoms with E-state index in [4.69, 9.17) is 4.74 Å². The average molecular weight is 200 g/mol. The second-order valence-electron chi connectivity index (χ2n) is 2.08. The minimum atomic E-state index is 0.485. The number of hydrogen-bond acceptors (Lipinski definition) is 1. The van der Waals surface area contributed by atoms with E-state index in [1.807, 2.05) is 30.3 Å². The number of rotatable bonds is 1. The predicted octanol–water partition coefficient (Wildman–Crippen LogP) is 1.36. The molecular formula is C10H8FeO+. The van der Waals surface area contributed by atoms with Crippen LogP contribution in [0.3, 0.4) is 0 Å². The molecule has 0 aliphatic rings. The van der Waals surface area contributed by atoms with Crippen LogP contribution in [0.15, 0.2) is 30.3 Å². The standard InChI is InChI=1S/C10H8O.Fe/c1-11-9-5-8-10-6-3-2-4-7-10;/h2-4,6-7H,1H3;/q;+1. The first-order valence-electron chi connectivity index (χ1n) is 3.45. The van der Waals surface area contributed by atoms with E-state index >= 15 is 0 Å². The van der Waals surface area contributed by atoms with E-state index < -0.39 is 0 Å². The molecule has 0 saturated heterocycles. The average Bonchev–Trinajstić information content (AvgIpc) is 2.16. The van der Waals surface area contributed by atoms with Gasteiger partial charge in [-0.05, 0) is 0 Å². The van der Waals surface area contributed by atoms with Crippen LogP contribution in [0.1, 0.15) is 5.56 Å². The van der Waals surface area contributed by atoms with E-state index in [2.05, 4.69) is 27.4 Å². The molecule has 0 aliphatic carbocycles. The van der Waals surface area contributed by atoms with Crippen molar-refractivity contribution < 1.29 is 20.3 Å². The van der Waals surface area contributed by atoms with Crippen LogP contribution < -0.4 is 0 Å². The molecule has 1 rings (SSSR count). The molecule has 0 atom stereocenters. The first-order chi connectivity index (χ1) is 5.83. The topological polar surface area (TPSA) is 9.23 Å². The fourth-order valence-electron chi connectivity index (χ4n) is 0.692. The molecule has 0 aliphatic heterocycles. The second-order valence-corrected chi connectivity index (χ2v) is 2.58. The summed E-state index contributed by atoms with van der Waals surface area (Å²) in [7, 11) is 1.56. The molecule has 12 heavy (non-hydrogen) atoms. The molecule has 1 aromatic carbocycles. The van der Waals surface area contributed by atoms with Crippen LogP contribution in [0.25, 0.3) is 0 Å². The summed E-state index contributed by atoms with van der Waals surface area (Å²) in [4.78, 5) is 0. The Bertz CT molecular complexity index is 319. The molecule has 0 bridgehead atoms. The molecule has 0 amide bonds. The summed E-state index contributed by atoms with van der Waals surface area (Å²) in [5.41, 5.74) is 0.968. The van der Waals surface area contributed by atoms with Gasteiger partial charge in [-0.1, -0.05) is 0 Å². The normalized spacial score (nSPS) is 8.42. The van der Waals surface area contributed by atoms with Crippen LogP contribution in [-0.2, 0) is 20.3 Å². The Morgan fingerprint density at radius 3 is 2.58 bits per heavy atom. The van der Waals surface area contributed by atoms with Crippen LogP contribution in [0.5, 0.6) is 0 Å². The van der Waals surface area contributed by atoms with Crippen molar-refractivity contribution in [2.45, 2.75) is 0 Å². The summed E-state index contributed by atoms with van der Waals surface area (Å²) >= 11 is 3.59. The van der Waals surface area contributed by atoms with Crippen molar-refractivity contribution >= 4 is 4.60 Å². The third-order valence-corrected chi connectivity index (χ3v) is 1.61.